The van der Waals surface area contributed by atoms with Crippen LogP contribution in [0, 0.1) is 12.3 Å². The van der Waals surface area contributed by atoms with Crippen LogP contribution < -0.4 is 4.74 Å². The minimum atomic E-state index is -0.989. The highest BCUT2D eigenvalue weighted by molar-refractivity contribution is 5.90. The second-order valence-electron chi connectivity index (χ2n) is 9.19. The molecule has 0 unspecified atom stereocenters. The number of benzene rings is 4. The van der Waals surface area contributed by atoms with Crippen molar-refractivity contribution in [2.75, 3.05) is 0 Å². The lowest BCUT2D eigenvalue weighted by atomic mass is 9.95. The van der Waals surface area contributed by atoms with E-state index >= 15 is 0 Å². The maximum absolute atomic E-state index is 12.6. The molecule has 0 radical (unpaired) electrons. The van der Waals surface area contributed by atoms with Gasteiger partial charge in [0, 0.05) is 0 Å². The lowest BCUT2D eigenvalue weighted by molar-refractivity contribution is 0.0471. The summed E-state index contributed by atoms with van der Waals surface area (Å²) in [7, 11) is 0. The van der Waals surface area contributed by atoms with E-state index in [0.717, 1.165) is 34.2 Å². The molecule has 0 fully saturated rings. The Hall–Kier alpha value is -5.08. The van der Waals surface area contributed by atoms with Crippen molar-refractivity contribution in [1.29, 1.82) is 0 Å². The van der Waals surface area contributed by atoms with Crippen molar-refractivity contribution in [3.8, 4) is 18.1 Å². The molecule has 200 valence electrons. The summed E-state index contributed by atoms with van der Waals surface area (Å²) in [6.07, 6.45) is 8.41. The number of allylic oxidation sites excluding steroid dienone is 2. The van der Waals surface area contributed by atoms with Crippen LogP contribution in [0.15, 0.2) is 103 Å². The lowest BCUT2D eigenvalue weighted by Crippen LogP contribution is -2.09. The van der Waals surface area contributed by atoms with Crippen molar-refractivity contribution in [3.05, 3.63) is 142 Å². The lowest BCUT2D eigenvalue weighted by Gasteiger charge is -2.15. The maximum atomic E-state index is 12.6. The minimum Gasteiger partial charge on any atom is -0.489 e. The number of hydrogen-bond donors (Lipinski definition) is 1. The fraction of sp³-hybridized carbons (Fsp3) is 0.143. The van der Waals surface area contributed by atoms with Crippen LogP contribution in [-0.2, 0) is 24.4 Å². The SMILES string of the molecule is C#CC=C(CC)c1cccc(OCc2ccc(COC(=O)c3ccccc3)c(Cc3ccccc3C(=O)O)c2)c1. The van der Waals surface area contributed by atoms with Gasteiger partial charge in [-0.25, -0.2) is 9.59 Å². The van der Waals surface area contributed by atoms with E-state index in [1.165, 1.54) is 0 Å². The van der Waals surface area contributed by atoms with Crippen LogP contribution in [-0.4, -0.2) is 17.0 Å². The molecule has 1 N–H and O–H groups in total. The molecule has 0 aliphatic heterocycles. The molecule has 0 heterocycles. The van der Waals surface area contributed by atoms with Gasteiger partial charge in [0.25, 0.3) is 0 Å². The van der Waals surface area contributed by atoms with Crippen molar-refractivity contribution < 1.29 is 24.2 Å². The van der Waals surface area contributed by atoms with Crippen molar-refractivity contribution in [3.63, 3.8) is 0 Å². The monoisotopic (exact) mass is 530 g/mol. The average molecular weight is 531 g/mol. The number of carbonyl (C=O) groups is 2. The van der Waals surface area contributed by atoms with Gasteiger partial charge in [-0.05, 0) is 82.6 Å². The van der Waals surface area contributed by atoms with Crippen molar-refractivity contribution >= 4 is 17.5 Å². The molecule has 0 aliphatic carbocycles. The van der Waals surface area contributed by atoms with E-state index in [-0.39, 0.29) is 12.2 Å². The number of carboxylic acid groups (broad SMARTS) is 1. The maximum Gasteiger partial charge on any atom is 0.338 e. The molecule has 0 amide bonds. The van der Waals surface area contributed by atoms with Gasteiger partial charge < -0.3 is 14.6 Å². The second-order valence-corrected chi connectivity index (χ2v) is 9.19. The highest BCUT2D eigenvalue weighted by atomic mass is 16.5. The summed E-state index contributed by atoms with van der Waals surface area (Å²) in [5.74, 6) is 1.90. The second kappa shape index (κ2) is 13.6. The van der Waals surface area contributed by atoms with E-state index in [1.807, 2.05) is 54.6 Å². The Morgan fingerprint density at radius 2 is 1.57 bits per heavy atom. The van der Waals surface area contributed by atoms with Crippen LogP contribution in [0.3, 0.4) is 0 Å². The zero-order valence-electron chi connectivity index (χ0n) is 22.3. The first kappa shape index (κ1) is 27.9. The summed E-state index contributed by atoms with van der Waals surface area (Å²) < 4.78 is 11.7. The quantitative estimate of drug-likeness (QED) is 0.162. The van der Waals surface area contributed by atoms with Crippen molar-refractivity contribution in [2.45, 2.75) is 33.0 Å². The predicted molar refractivity (Wildman–Crippen MR) is 156 cm³/mol. The molecule has 0 saturated carbocycles. The predicted octanol–water partition coefficient (Wildman–Crippen LogP) is 7.34. The molecule has 4 aromatic carbocycles. The summed E-state index contributed by atoms with van der Waals surface area (Å²) in [6.45, 7) is 2.42. The summed E-state index contributed by atoms with van der Waals surface area (Å²) in [5.41, 5.74) is 6.00. The summed E-state index contributed by atoms with van der Waals surface area (Å²) in [6, 6.07) is 29.3. The molecule has 0 spiro atoms. The summed E-state index contributed by atoms with van der Waals surface area (Å²) in [5, 5.41) is 9.69. The first-order chi connectivity index (χ1) is 19.5. The topological polar surface area (TPSA) is 72.8 Å². The van der Waals surface area contributed by atoms with Gasteiger partial charge in [-0.1, -0.05) is 79.6 Å². The molecule has 0 saturated heterocycles. The number of aromatic carboxylic acids is 1. The molecule has 4 rings (SSSR count). The smallest absolute Gasteiger partial charge is 0.338 e. The molecule has 0 aromatic heterocycles. The van der Waals surface area contributed by atoms with Gasteiger partial charge >= 0.3 is 11.9 Å². The molecule has 0 aliphatic rings. The van der Waals surface area contributed by atoms with Gasteiger partial charge in [-0.3, -0.25) is 0 Å². The highest BCUT2D eigenvalue weighted by Crippen LogP contribution is 2.25. The third-order valence-corrected chi connectivity index (χ3v) is 6.52. The third-order valence-electron chi connectivity index (χ3n) is 6.52. The van der Waals surface area contributed by atoms with E-state index in [0.29, 0.717) is 29.9 Å². The Balaban J connectivity index is 1.57. The van der Waals surface area contributed by atoms with Gasteiger partial charge in [0.2, 0.25) is 0 Å². The largest absolute Gasteiger partial charge is 0.489 e. The highest BCUT2D eigenvalue weighted by Gasteiger charge is 2.14. The Bertz CT molecular complexity index is 1560. The van der Waals surface area contributed by atoms with E-state index in [1.54, 1.807) is 48.5 Å². The molecule has 0 atom stereocenters. The third kappa shape index (κ3) is 7.27. The molecule has 5 nitrogen and oxygen atoms in total. The molecule has 40 heavy (non-hydrogen) atoms. The van der Waals surface area contributed by atoms with Crippen LogP contribution in [0.25, 0.3) is 5.57 Å². The first-order valence-electron chi connectivity index (χ1n) is 13.0. The zero-order valence-corrected chi connectivity index (χ0v) is 22.3. The van der Waals surface area contributed by atoms with E-state index in [4.69, 9.17) is 15.9 Å². The average Bonchev–Trinajstić information content (AvgIpc) is 2.99. The fourth-order valence-electron chi connectivity index (χ4n) is 4.41. The van der Waals surface area contributed by atoms with Crippen molar-refractivity contribution in [2.24, 2.45) is 0 Å². The van der Waals surface area contributed by atoms with Crippen LogP contribution >= 0.6 is 0 Å². The summed E-state index contributed by atoms with van der Waals surface area (Å²) >= 11 is 0. The number of rotatable bonds is 11. The molecule has 5 heteroatoms. The standard InChI is InChI=1S/C35H30O5/c1-3-11-26(4-2)28-15-10-16-32(22-28)39-23-25-18-19-30(24-40-35(38)27-12-6-5-7-13-27)31(20-25)21-29-14-8-9-17-33(29)34(36)37/h1,5-20,22H,4,21,23-24H2,2H3,(H,36,37). The van der Waals surface area contributed by atoms with Crippen LogP contribution in [0.2, 0.25) is 0 Å². The van der Waals surface area contributed by atoms with Gasteiger partial charge in [0.05, 0.1) is 11.1 Å². The van der Waals surface area contributed by atoms with E-state index < -0.39 is 11.9 Å². The zero-order chi connectivity index (χ0) is 28.3. The Kier molecular flexibility index (Phi) is 9.53. The van der Waals surface area contributed by atoms with Crippen LogP contribution in [0.5, 0.6) is 5.75 Å². The number of hydrogen-bond acceptors (Lipinski definition) is 4. The minimum absolute atomic E-state index is 0.0583. The van der Waals surface area contributed by atoms with E-state index in [9.17, 15) is 14.7 Å². The van der Waals surface area contributed by atoms with Crippen molar-refractivity contribution in [1.82, 2.24) is 0 Å². The fourth-order valence-corrected chi connectivity index (χ4v) is 4.41. The Labute approximate surface area is 234 Å². The van der Waals surface area contributed by atoms with Crippen LogP contribution in [0.1, 0.15) is 61.9 Å². The Morgan fingerprint density at radius 1 is 0.825 bits per heavy atom. The van der Waals surface area contributed by atoms with Gasteiger partial charge in [-0.2, -0.15) is 0 Å². The first-order valence-corrected chi connectivity index (χ1v) is 13.0. The van der Waals surface area contributed by atoms with Gasteiger partial charge in [0.1, 0.15) is 19.0 Å². The van der Waals surface area contributed by atoms with Crippen LogP contribution in [0.4, 0.5) is 0 Å². The molecular formula is C35H30O5. The number of ether oxygens (including phenoxy) is 2. The molecule has 0 bridgehead atoms. The number of terminal acetylenes is 1. The van der Waals surface area contributed by atoms with Gasteiger partial charge in [0.15, 0.2) is 0 Å². The molecular weight excluding hydrogens is 500 g/mol. The number of esters is 1. The van der Waals surface area contributed by atoms with Gasteiger partial charge in [-0.15, -0.1) is 6.42 Å². The number of carbonyl (C=O) groups excluding carboxylic acids is 1. The summed E-state index contributed by atoms with van der Waals surface area (Å²) in [4.78, 5) is 24.4. The normalized spacial score (nSPS) is 10.9. The Morgan fingerprint density at radius 3 is 2.33 bits per heavy atom. The molecule has 4 aromatic rings. The number of carboxylic acids is 1. The van der Waals surface area contributed by atoms with E-state index in [2.05, 4.69) is 12.8 Å².